The molecule has 7 heteroatoms. The topological polar surface area (TPSA) is 68.3 Å². The number of rotatable bonds is 4. The third-order valence-corrected chi connectivity index (χ3v) is 3.56. The van der Waals surface area contributed by atoms with Crippen LogP contribution in [0.5, 0.6) is 0 Å². The van der Waals surface area contributed by atoms with Crippen LogP contribution in [0.2, 0.25) is 5.15 Å². The summed E-state index contributed by atoms with van der Waals surface area (Å²) in [6.45, 7) is 1.95. The summed E-state index contributed by atoms with van der Waals surface area (Å²) in [6, 6.07) is 7.52. The minimum atomic E-state index is 0.459. The summed E-state index contributed by atoms with van der Waals surface area (Å²) in [6.07, 6.45) is 6.00. The predicted octanol–water partition coefficient (Wildman–Crippen LogP) is 2.87. The van der Waals surface area contributed by atoms with Gasteiger partial charge in [0, 0.05) is 31.5 Å². The Morgan fingerprint density at radius 3 is 2.91 bits per heavy atom. The highest BCUT2D eigenvalue weighted by Gasteiger charge is 2.10. The van der Waals surface area contributed by atoms with Gasteiger partial charge in [-0.05, 0) is 36.8 Å². The van der Waals surface area contributed by atoms with E-state index in [2.05, 4.69) is 25.3 Å². The Labute approximate surface area is 138 Å². The first-order valence-corrected chi connectivity index (χ1v) is 7.49. The Morgan fingerprint density at radius 1 is 1.30 bits per heavy atom. The van der Waals surface area contributed by atoms with E-state index in [1.807, 2.05) is 37.3 Å². The molecule has 6 nitrogen and oxygen atoms in total. The van der Waals surface area contributed by atoms with Gasteiger partial charge in [-0.1, -0.05) is 17.7 Å². The summed E-state index contributed by atoms with van der Waals surface area (Å²) in [7, 11) is 1.74. The Morgan fingerprint density at radius 2 is 2.17 bits per heavy atom. The quantitative estimate of drug-likeness (QED) is 0.546. The highest BCUT2D eigenvalue weighted by atomic mass is 35.5. The third kappa shape index (κ3) is 3.27. The maximum Gasteiger partial charge on any atom is 0.177 e. The summed E-state index contributed by atoms with van der Waals surface area (Å²) in [4.78, 5) is 8.04. The van der Waals surface area contributed by atoms with Gasteiger partial charge in [-0.3, -0.25) is 4.99 Å². The van der Waals surface area contributed by atoms with E-state index in [9.17, 15) is 0 Å². The van der Waals surface area contributed by atoms with E-state index in [-0.39, 0.29) is 0 Å². The number of hydrogen-bond donors (Lipinski definition) is 0. The minimum Gasteiger partial charge on any atom is -0.296 e. The van der Waals surface area contributed by atoms with Crippen LogP contribution >= 0.6 is 11.6 Å². The van der Waals surface area contributed by atoms with Crippen molar-refractivity contribution in [2.75, 3.05) is 7.05 Å². The lowest BCUT2D eigenvalue weighted by Gasteiger charge is -2.04. The molecule has 23 heavy (non-hydrogen) atoms. The molecule has 3 rings (SSSR count). The van der Waals surface area contributed by atoms with Crippen molar-refractivity contribution in [2.45, 2.75) is 13.3 Å². The summed E-state index contributed by atoms with van der Waals surface area (Å²) >= 11 is 5.93. The second-order valence-corrected chi connectivity index (χ2v) is 5.29. The Hall–Kier alpha value is -2.60. The van der Waals surface area contributed by atoms with Crippen molar-refractivity contribution < 1.29 is 0 Å². The monoisotopic (exact) mass is 326 g/mol. The molecular weight excluding hydrogens is 312 g/mol. The van der Waals surface area contributed by atoms with Gasteiger partial charge in [0.05, 0.1) is 5.69 Å². The molecule has 116 valence electrons. The van der Waals surface area contributed by atoms with E-state index in [0.717, 1.165) is 22.7 Å². The fourth-order valence-electron chi connectivity index (χ4n) is 2.26. The van der Waals surface area contributed by atoms with Crippen LogP contribution in [0.15, 0.2) is 41.5 Å². The molecule has 0 N–H and O–H groups in total. The summed E-state index contributed by atoms with van der Waals surface area (Å²) < 4.78 is 1.75. The van der Waals surface area contributed by atoms with E-state index in [4.69, 9.17) is 11.6 Å². The first kappa shape index (κ1) is 15.3. The molecule has 0 saturated heterocycles. The summed E-state index contributed by atoms with van der Waals surface area (Å²) in [5, 5.41) is 13.5. The van der Waals surface area contributed by atoms with Gasteiger partial charge in [-0.2, -0.15) is 9.61 Å². The first-order chi connectivity index (χ1) is 11.2. The number of halogens is 1. The van der Waals surface area contributed by atoms with Gasteiger partial charge in [-0.25, -0.2) is 4.98 Å². The van der Waals surface area contributed by atoms with Crippen LogP contribution in [-0.4, -0.2) is 38.1 Å². The van der Waals surface area contributed by atoms with Crippen LogP contribution in [0.1, 0.15) is 24.0 Å². The predicted molar refractivity (Wildman–Crippen MR) is 90.9 cm³/mol. The van der Waals surface area contributed by atoms with Crippen molar-refractivity contribution in [3.63, 3.8) is 0 Å². The molecule has 0 aliphatic rings. The number of aromatic nitrogens is 5. The molecule has 0 unspecified atom stereocenters. The fourth-order valence-corrected chi connectivity index (χ4v) is 2.46. The number of aliphatic imine (C=N–C) groups is 1. The molecule has 0 fully saturated rings. The SMILES string of the molecule is C/C=C(\C=NC)c1ccc2nnc(Cc3ccnc(Cl)c3)n2n1. The smallest absolute Gasteiger partial charge is 0.177 e. The van der Waals surface area contributed by atoms with Crippen LogP contribution < -0.4 is 0 Å². The molecule has 0 saturated carbocycles. The molecule has 0 spiro atoms. The van der Waals surface area contributed by atoms with E-state index >= 15 is 0 Å². The number of nitrogens with zero attached hydrogens (tertiary/aromatic N) is 6. The van der Waals surface area contributed by atoms with E-state index in [0.29, 0.717) is 17.2 Å². The minimum absolute atomic E-state index is 0.459. The van der Waals surface area contributed by atoms with Gasteiger partial charge < -0.3 is 0 Å². The lowest BCUT2D eigenvalue weighted by atomic mass is 10.2. The van der Waals surface area contributed by atoms with Crippen LogP contribution in [0.4, 0.5) is 0 Å². The zero-order valence-corrected chi connectivity index (χ0v) is 13.6. The number of fused-ring (bicyclic) bond motifs is 1. The average Bonchev–Trinajstić information content (AvgIpc) is 2.95. The maximum absolute atomic E-state index is 5.93. The molecule has 0 atom stereocenters. The molecule has 0 amide bonds. The van der Waals surface area contributed by atoms with Crippen LogP contribution in [0.25, 0.3) is 11.2 Å². The first-order valence-electron chi connectivity index (χ1n) is 7.12. The van der Waals surface area contributed by atoms with Crippen LogP contribution in [0.3, 0.4) is 0 Å². The maximum atomic E-state index is 5.93. The zero-order chi connectivity index (χ0) is 16.2. The van der Waals surface area contributed by atoms with Gasteiger partial charge in [0.15, 0.2) is 11.5 Å². The molecule has 0 aliphatic carbocycles. The lowest BCUT2D eigenvalue weighted by molar-refractivity contribution is 0.831. The second kappa shape index (κ2) is 6.66. The van der Waals surface area contributed by atoms with Crippen molar-refractivity contribution in [3.8, 4) is 0 Å². The zero-order valence-electron chi connectivity index (χ0n) is 12.8. The molecule has 0 radical (unpaired) electrons. The molecule has 0 aromatic carbocycles. The lowest BCUT2D eigenvalue weighted by Crippen LogP contribution is -2.03. The Kier molecular flexibility index (Phi) is 4.43. The standard InChI is InChI=1S/C16H15ClN6/c1-3-12(10-18-2)13-4-5-15-20-21-16(23(15)22-13)9-11-6-7-19-14(17)8-11/h3-8,10H,9H2,1-2H3/b12-3+,18-10?. The fraction of sp³-hybridized carbons (Fsp3) is 0.188. The third-order valence-electron chi connectivity index (χ3n) is 3.36. The van der Waals surface area contributed by atoms with E-state index < -0.39 is 0 Å². The van der Waals surface area contributed by atoms with E-state index in [1.165, 1.54) is 0 Å². The van der Waals surface area contributed by atoms with Gasteiger partial charge in [0.1, 0.15) is 5.15 Å². The summed E-state index contributed by atoms with van der Waals surface area (Å²) in [5.74, 6) is 0.744. The van der Waals surface area contributed by atoms with E-state index in [1.54, 1.807) is 24.0 Å². The molecule has 0 bridgehead atoms. The number of pyridine rings is 1. The Balaban J connectivity index is 2.01. The molecule has 3 aromatic rings. The molecular formula is C16H15ClN6. The van der Waals surface area contributed by atoms with Crippen LogP contribution in [0, 0.1) is 0 Å². The van der Waals surface area contributed by atoms with Gasteiger partial charge >= 0.3 is 0 Å². The highest BCUT2D eigenvalue weighted by Crippen LogP contribution is 2.14. The normalized spacial score (nSPS) is 12.4. The van der Waals surface area contributed by atoms with Crippen molar-refractivity contribution in [2.24, 2.45) is 4.99 Å². The van der Waals surface area contributed by atoms with Gasteiger partial charge in [0.2, 0.25) is 0 Å². The largest absolute Gasteiger partial charge is 0.296 e. The van der Waals surface area contributed by atoms with Crippen molar-refractivity contribution in [1.29, 1.82) is 0 Å². The average molecular weight is 327 g/mol. The van der Waals surface area contributed by atoms with Crippen molar-refractivity contribution >= 4 is 29.0 Å². The number of allylic oxidation sites excluding steroid dienone is 2. The van der Waals surface area contributed by atoms with Crippen molar-refractivity contribution in [1.82, 2.24) is 24.8 Å². The second-order valence-electron chi connectivity index (χ2n) is 4.90. The van der Waals surface area contributed by atoms with Gasteiger partial charge in [-0.15, -0.1) is 10.2 Å². The Bertz CT molecular complexity index is 896. The summed E-state index contributed by atoms with van der Waals surface area (Å²) in [5.41, 5.74) is 3.47. The number of hydrogen-bond acceptors (Lipinski definition) is 5. The van der Waals surface area contributed by atoms with Crippen molar-refractivity contribution in [3.05, 3.63) is 58.8 Å². The molecule has 0 aliphatic heterocycles. The molecule has 3 heterocycles. The van der Waals surface area contributed by atoms with Crippen LogP contribution in [-0.2, 0) is 6.42 Å². The van der Waals surface area contributed by atoms with Gasteiger partial charge in [0.25, 0.3) is 0 Å². The highest BCUT2D eigenvalue weighted by molar-refractivity contribution is 6.29. The molecule has 3 aromatic heterocycles.